The fourth-order valence-corrected chi connectivity index (χ4v) is 4.15. The van der Waals surface area contributed by atoms with Gasteiger partial charge in [0.25, 0.3) is 0 Å². The lowest BCUT2D eigenvalue weighted by Gasteiger charge is -2.10. The average molecular weight is 327 g/mol. The molecule has 0 unspecified atom stereocenters. The van der Waals surface area contributed by atoms with Crippen molar-refractivity contribution in [2.75, 3.05) is 6.79 Å². The first kappa shape index (κ1) is 14.5. The van der Waals surface area contributed by atoms with Gasteiger partial charge in [-0.15, -0.1) is 11.8 Å². The van der Waals surface area contributed by atoms with Gasteiger partial charge in [-0.3, -0.25) is 4.79 Å². The Morgan fingerprint density at radius 1 is 1.22 bits per heavy atom. The van der Waals surface area contributed by atoms with Gasteiger partial charge in [-0.25, -0.2) is 0 Å². The summed E-state index contributed by atoms with van der Waals surface area (Å²) in [5, 5.41) is 2.98. The number of benzene rings is 2. The summed E-state index contributed by atoms with van der Waals surface area (Å²) in [4.78, 5) is 13.6. The summed E-state index contributed by atoms with van der Waals surface area (Å²) < 4.78 is 10.7. The Bertz CT molecular complexity index is 775. The number of carbonyl (C=O) groups is 1. The molecule has 4 nitrogen and oxygen atoms in total. The molecule has 0 fully saturated rings. The highest BCUT2D eigenvalue weighted by molar-refractivity contribution is 8.01. The minimum absolute atomic E-state index is 0.0409. The highest BCUT2D eigenvalue weighted by atomic mass is 32.2. The van der Waals surface area contributed by atoms with E-state index < -0.39 is 0 Å². The molecule has 2 aromatic carbocycles. The van der Waals surface area contributed by atoms with Crippen molar-refractivity contribution in [2.24, 2.45) is 0 Å². The van der Waals surface area contributed by atoms with E-state index >= 15 is 0 Å². The molecule has 23 heavy (non-hydrogen) atoms. The highest BCUT2D eigenvalue weighted by Gasteiger charge is 2.28. The van der Waals surface area contributed by atoms with Crippen molar-refractivity contribution in [1.82, 2.24) is 5.32 Å². The van der Waals surface area contributed by atoms with E-state index in [-0.39, 0.29) is 18.0 Å². The molecule has 118 valence electrons. The molecule has 0 aliphatic carbocycles. The molecule has 4 rings (SSSR count). The lowest BCUT2D eigenvalue weighted by atomic mass is 10.1. The van der Waals surface area contributed by atoms with Crippen LogP contribution in [-0.4, -0.2) is 18.0 Å². The van der Waals surface area contributed by atoms with E-state index in [0.717, 1.165) is 23.5 Å². The van der Waals surface area contributed by atoms with E-state index in [9.17, 15) is 4.79 Å². The van der Waals surface area contributed by atoms with Gasteiger partial charge in [0.05, 0.1) is 5.25 Å². The van der Waals surface area contributed by atoms with Gasteiger partial charge < -0.3 is 14.8 Å². The molecule has 0 aromatic heterocycles. The molecule has 0 saturated heterocycles. The number of thioether (sulfide) groups is 1. The normalized spacial score (nSPS) is 17.9. The van der Waals surface area contributed by atoms with Crippen molar-refractivity contribution in [3.05, 3.63) is 53.1 Å². The van der Waals surface area contributed by atoms with Crippen molar-refractivity contribution in [3.63, 3.8) is 0 Å². The maximum absolute atomic E-state index is 12.4. The summed E-state index contributed by atoms with van der Waals surface area (Å²) in [6.45, 7) is 2.84. The van der Waals surface area contributed by atoms with Crippen molar-refractivity contribution >= 4 is 17.7 Å². The minimum Gasteiger partial charge on any atom is -0.454 e. The third-order valence-corrected chi connectivity index (χ3v) is 5.39. The van der Waals surface area contributed by atoms with Crippen LogP contribution in [0.1, 0.15) is 16.7 Å². The Morgan fingerprint density at radius 3 is 3.00 bits per heavy atom. The summed E-state index contributed by atoms with van der Waals surface area (Å²) in [7, 11) is 0. The number of rotatable bonds is 3. The van der Waals surface area contributed by atoms with Gasteiger partial charge in [0.1, 0.15) is 0 Å². The largest absolute Gasteiger partial charge is 0.454 e. The van der Waals surface area contributed by atoms with Gasteiger partial charge in [0.2, 0.25) is 12.7 Å². The summed E-state index contributed by atoms with van der Waals surface area (Å²) in [6.07, 6.45) is 0.799. The van der Waals surface area contributed by atoms with E-state index in [0.29, 0.717) is 6.54 Å². The van der Waals surface area contributed by atoms with E-state index in [4.69, 9.17) is 9.47 Å². The van der Waals surface area contributed by atoms with Crippen LogP contribution in [0.5, 0.6) is 11.5 Å². The van der Waals surface area contributed by atoms with Gasteiger partial charge in [-0.1, -0.05) is 23.8 Å². The zero-order chi connectivity index (χ0) is 15.8. The lowest BCUT2D eigenvalue weighted by Crippen LogP contribution is -2.31. The molecule has 2 aliphatic heterocycles. The number of ether oxygens (including phenoxy) is 2. The Hall–Kier alpha value is -2.14. The quantitative estimate of drug-likeness (QED) is 0.941. The lowest BCUT2D eigenvalue weighted by molar-refractivity contribution is -0.120. The van der Waals surface area contributed by atoms with E-state index in [1.54, 1.807) is 11.8 Å². The molecular formula is C18H17NO3S. The Morgan fingerprint density at radius 2 is 2.09 bits per heavy atom. The predicted molar refractivity (Wildman–Crippen MR) is 88.9 cm³/mol. The maximum atomic E-state index is 12.4. The number of amides is 1. The highest BCUT2D eigenvalue weighted by Crippen LogP contribution is 2.37. The number of fused-ring (bicyclic) bond motifs is 2. The van der Waals surface area contributed by atoms with Crippen molar-refractivity contribution in [2.45, 2.75) is 30.0 Å². The molecule has 1 N–H and O–H groups in total. The third kappa shape index (κ3) is 2.88. The first-order chi connectivity index (χ1) is 11.2. The number of carbonyl (C=O) groups excluding carboxylic acids is 1. The SMILES string of the molecule is Cc1ccc2c(c1)S[C@@H](C(=O)NCc1ccc3c(c1)OCO3)C2. The fourth-order valence-electron chi connectivity index (χ4n) is 2.83. The summed E-state index contributed by atoms with van der Waals surface area (Å²) in [6, 6.07) is 12.1. The van der Waals surface area contributed by atoms with Crippen LogP contribution in [0.3, 0.4) is 0 Å². The van der Waals surface area contributed by atoms with Crippen molar-refractivity contribution < 1.29 is 14.3 Å². The van der Waals surface area contributed by atoms with Gasteiger partial charge in [-0.2, -0.15) is 0 Å². The van der Waals surface area contributed by atoms with Gasteiger partial charge in [0.15, 0.2) is 11.5 Å². The molecule has 2 aromatic rings. The van der Waals surface area contributed by atoms with Crippen LogP contribution in [0.25, 0.3) is 0 Å². The zero-order valence-electron chi connectivity index (χ0n) is 12.8. The molecule has 0 spiro atoms. The number of nitrogens with one attached hydrogen (secondary N) is 1. The minimum atomic E-state index is -0.0409. The number of aryl methyl sites for hydroxylation is 1. The Kier molecular flexibility index (Phi) is 3.65. The molecule has 5 heteroatoms. The second-order valence-corrected chi connectivity index (χ2v) is 7.07. The first-order valence-electron chi connectivity index (χ1n) is 7.61. The molecular weight excluding hydrogens is 310 g/mol. The molecule has 0 radical (unpaired) electrons. The van der Waals surface area contributed by atoms with E-state index in [2.05, 4.69) is 30.4 Å². The topological polar surface area (TPSA) is 47.6 Å². The summed E-state index contributed by atoms with van der Waals surface area (Å²) in [5.74, 6) is 1.59. The second kappa shape index (κ2) is 5.81. The molecule has 2 heterocycles. The van der Waals surface area contributed by atoms with E-state index in [1.165, 1.54) is 16.0 Å². The molecule has 0 saturated carbocycles. The number of hydrogen-bond donors (Lipinski definition) is 1. The first-order valence-corrected chi connectivity index (χ1v) is 8.49. The van der Waals surface area contributed by atoms with Crippen LogP contribution in [0.2, 0.25) is 0 Å². The van der Waals surface area contributed by atoms with Gasteiger partial charge in [0, 0.05) is 11.4 Å². The van der Waals surface area contributed by atoms with E-state index in [1.807, 2.05) is 18.2 Å². The fraction of sp³-hybridized carbons (Fsp3) is 0.278. The predicted octanol–water partition coefficient (Wildman–Crippen LogP) is 3.06. The summed E-state index contributed by atoms with van der Waals surface area (Å²) >= 11 is 1.66. The van der Waals surface area contributed by atoms with Crippen LogP contribution in [-0.2, 0) is 17.8 Å². The third-order valence-electron chi connectivity index (χ3n) is 4.09. The van der Waals surface area contributed by atoms with Crippen molar-refractivity contribution in [1.29, 1.82) is 0 Å². The summed E-state index contributed by atoms with van der Waals surface area (Å²) in [5.41, 5.74) is 3.51. The molecule has 1 amide bonds. The monoisotopic (exact) mass is 327 g/mol. The Balaban J connectivity index is 1.38. The molecule has 0 bridgehead atoms. The van der Waals surface area contributed by atoms with Crippen molar-refractivity contribution in [3.8, 4) is 11.5 Å². The van der Waals surface area contributed by atoms with Crippen LogP contribution in [0, 0.1) is 6.92 Å². The smallest absolute Gasteiger partial charge is 0.234 e. The van der Waals surface area contributed by atoms with Crippen LogP contribution in [0.4, 0.5) is 0 Å². The number of hydrogen-bond acceptors (Lipinski definition) is 4. The molecule has 1 atom stereocenters. The average Bonchev–Trinajstić information content (AvgIpc) is 3.17. The Labute approximate surface area is 139 Å². The zero-order valence-corrected chi connectivity index (χ0v) is 13.6. The van der Waals surface area contributed by atoms with Crippen LogP contribution < -0.4 is 14.8 Å². The molecule has 2 aliphatic rings. The maximum Gasteiger partial charge on any atom is 0.234 e. The van der Waals surface area contributed by atoms with Crippen LogP contribution in [0.15, 0.2) is 41.3 Å². The van der Waals surface area contributed by atoms with Gasteiger partial charge in [-0.05, 0) is 42.7 Å². The standard InChI is InChI=1S/C18H17NO3S/c1-11-2-4-13-8-17(23-16(13)6-11)18(20)19-9-12-3-5-14-15(7-12)22-10-21-14/h2-7,17H,8-10H2,1H3,(H,19,20)/t17-/m1/s1. The second-order valence-electron chi connectivity index (χ2n) is 5.83. The van der Waals surface area contributed by atoms with Crippen LogP contribution >= 0.6 is 11.8 Å². The van der Waals surface area contributed by atoms with Gasteiger partial charge >= 0.3 is 0 Å².